The number of ether oxygens (including phenoxy) is 1. The van der Waals surface area contributed by atoms with Gasteiger partial charge in [0.25, 0.3) is 0 Å². The molecular weight excluding hydrogens is 146 g/mol. The molecule has 1 unspecified atom stereocenters. The van der Waals surface area contributed by atoms with Crippen LogP contribution < -0.4 is 5.73 Å². The topological polar surface area (TPSA) is 55.5 Å². The van der Waals surface area contributed by atoms with Crippen molar-refractivity contribution in [2.45, 2.75) is 32.1 Å². The van der Waals surface area contributed by atoms with Crippen LogP contribution >= 0.6 is 0 Å². The van der Waals surface area contributed by atoms with E-state index in [4.69, 9.17) is 15.6 Å². The summed E-state index contributed by atoms with van der Waals surface area (Å²) in [5.41, 5.74) is 4.97. The van der Waals surface area contributed by atoms with E-state index < -0.39 is 14.5 Å². The maximum absolute atomic E-state index is 8.52. The molecule has 0 saturated carbocycles. The molecule has 0 aromatic heterocycles. The Morgan fingerprint density at radius 1 is 1.50 bits per heavy atom. The minimum atomic E-state index is -1.27. The van der Waals surface area contributed by atoms with Gasteiger partial charge in [0.1, 0.15) is 0 Å². The predicted molar refractivity (Wildman–Crippen MR) is 45.7 cm³/mol. The molecule has 3 nitrogen and oxygen atoms in total. The summed E-state index contributed by atoms with van der Waals surface area (Å²) in [6.45, 7) is 7.42. The van der Waals surface area contributed by atoms with Crippen LogP contribution in [0.4, 0.5) is 0 Å². The van der Waals surface area contributed by atoms with E-state index in [2.05, 4.69) is 19.6 Å². The zero-order valence-corrected chi connectivity index (χ0v) is 8.16. The number of aliphatic hydroxyl groups excluding tert-OH is 1. The fraction of sp³-hybridized carbons (Fsp3) is 1.00. The molecule has 1 atom stereocenters. The summed E-state index contributed by atoms with van der Waals surface area (Å²) in [6, 6.07) is 1.07. The van der Waals surface area contributed by atoms with Gasteiger partial charge in [-0.05, 0) is 0 Å². The Kier molecular flexibility index (Phi) is 4.11. The number of hydrogen-bond acceptors (Lipinski definition) is 3. The van der Waals surface area contributed by atoms with E-state index in [1.165, 1.54) is 0 Å². The van der Waals surface area contributed by atoms with Crippen molar-refractivity contribution in [1.29, 1.82) is 0 Å². The fourth-order valence-corrected chi connectivity index (χ4v) is 1.39. The van der Waals surface area contributed by atoms with Crippen molar-refractivity contribution in [2.75, 3.05) is 6.61 Å². The van der Waals surface area contributed by atoms with Crippen LogP contribution in [0.25, 0.3) is 0 Å². The van der Waals surface area contributed by atoms with Crippen molar-refractivity contribution in [3.05, 3.63) is 0 Å². The standard InChI is InChI=1S/C6H18NO2Si/c1-10(2,3)5-4-9-6(7)8/h6,8,10H,4-5,7H2,1-3H3/q-1. The third kappa shape index (κ3) is 8.10. The average molecular weight is 164 g/mol. The molecule has 3 N–H and O–H groups in total. The van der Waals surface area contributed by atoms with Crippen LogP contribution in [0, 0.1) is 0 Å². The van der Waals surface area contributed by atoms with Crippen LogP contribution in [0.15, 0.2) is 0 Å². The molecule has 0 aliphatic heterocycles. The molecule has 0 aliphatic rings. The van der Waals surface area contributed by atoms with Crippen LogP contribution in [0.3, 0.4) is 0 Å². The first-order valence-electron chi connectivity index (χ1n) is 3.76. The van der Waals surface area contributed by atoms with Gasteiger partial charge in [-0.25, -0.2) is 0 Å². The summed E-state index contributed by atoms with van der Waals surface area (Å²) >= 11 is 0. The van der Waals surface area contributed by atoms with Gasteiger partial charge in [-0.3, -0.25) is 0 Å². The zero-order valence-electron chi connectivity index (χ0n) is 7.00. The summed E-state index contributed by atoms with van der Waals surface area (Å²) in [7, 11) is -1.27. The molecule has 0 saturated heterocycles. The molecule has 4 heteroatoms. The SMILES string of the molecule is C[SiH-](C)(C)CCOC(N)O. The molecule has 10 heavy (non-hydrogen) atoms. The number of hydrogen-bond donors (Lipinski definition) is 2. The second-order valence-electron chi connectivity index (χ2n) is 4.01. The van der Waals surface area contributed by atoms with Crippen LogP contribution in [0.1, 0.15) is 0 Å². The molecule has 0 heterocycles. The van der Waals surface area contributed by atoms with Gasteiger partial charge in [0.2, 0.25) is 0 Å². The molecule has 64 valence electrons. The number of aliphatic hydroxyl groups is 1. The molecule has 0 fully saturated rings. The summed E-state index contributed by atoms with van der Waals surface area (Å²) < 4.78 is 4.79. The Hall–Kier alpha value is 0.0969. The van der Waals surface area contributed by atoms with Gasteiger partial charge in [0.05, 0.1) is 0 Å². The third-order valence-corrected chi connectivity index (χ3v) is 3.24. The third-order valence-electron chi connectivity index (χ3n) is 1.27. The van der Waals surface area contributed by atoms with E-state index >= 15 is 0 Å². The van der Waals surface area contributed by atoms with E-state index in [-0.39, 0.29) is 0 Å². The van der Waals surface area contributed by atoms with Crippen molar-refractivity contribution >= 4 is 8.07 Å². The van der Waals surface area contributed by atoms with Crippen molar-refractivity contribution in [1.82, 2.24) is 0 Å². The Bertz CT molecular complexity index is 90.2. The van der Waals surface area contributed by atoms with Crippen LogP contribution in [-0.4, -0.2) is 26.2 Å². The monoisotopic (exact) mass is 164 g/mol. The summed E-state index contributed by atoms with van der Waals surface area (Å²) in [4.78, 5) is 0. The molecule has 0 aromatic carbocycles. The van der Waals surface area contributed by atoms with Gasteiger partial charge in [-0.2, -0.15) is 0 Å². The van der Waals surface area contributed by atoms with Crippen molar-refractivity contribution < 1.29 is 9.84 Å². The average Bonchev–Trinajstić information content (AvgIpc) is 1.59. The Morgan fingerprint density at radius 2 is 2.00 bits per heavy atom. The first kappa shape index (κ1) is 10.1. The van der Waals surface area contributed by atoms with Crippen LogP contribution in [0.5, 0.6) is 0 Å². The van der Waals surface area contributed by atoms with Gasteiger partial charge in [0.15, 0.2) is 0 Å². The molecule has 0 rings (SSSR count). The first-order chi connectivity index (χ1) is 4.42. The van der Waals surface area contributed by atoms with Gasteiger partial charge in [-0.1, -0.05) is 0 Å². The van der Waals surface area contributed by atoms with Crippen molar-refractivity contribution in [3.63, 3.8) is 0 Å². The molecule has 0 radical (unpaired) electrons. The fourth-order valence-electron chi connectivity index (χ4n) is 0.542. The van der Waals surface area contributed by atoms with E-state index in [9.17, 15) is 0 Å². The molecular formula is C6H18NO2Si-. The zero-order chi connectivity index (χ0) is 8.20. The van der Waals surface area contributed by atoms with Crippen LogP contribution in [0.2, 0.25) is 25.7 Å². The van der Waals surface area contributed by atoms with Crippen molar-refractivity contribution in [2.24, 2.45) is 5.73 Å². The van der Waals surface area contributed by atoms with Crippen LogP contribution in [-0.2, 0) is 4.74 Å². The second-order valence-corrected chi connectivity index (χ2v) is 10.5. The summed E-state index contributed by atoms with van der Waals surface area (Å²) in [5, 5.41) is 8.52. The van der Waals surface area contributed by atoms with Gasteiger partial charge >= 0.3 is 62.4 Å². The molecule has 0 amide bonds. The maximum atomic E-state index is 8.52. The van der Waals surface area contributed by atoms with E-state index in [1.54, 1.807) is 0 Å². The molecule has 0 bridgehead atoms. The number of rotatable bonds is 4. The minimum absolute atomic E-state index is 0.589. The summed E-state index contributed by atoms with van der Waals surface area (Å²) in [5.74, 6) is 0. The normalized spacial score (nSPS) is 16.9. The Labute approximate surface area is 63.2 Å². The Balaban J connectivity index is 3.21. The number of nitrogens with two attached hydrogens (primary N) is 1. The second kappa shape index (κ2) is 4.08. The first-order valence-corrected chi connectivity index (χ1v) is 8.04. The van der Waals surface area contributed by atoms with Gasteiger partial charge < -0.3 is 0 Å². The van der Waals surface area contributed by atoms with E-state index in [0.717, 1.165) is 6.04 Å². The molecule has 0 aliphatic carbocycles. The molecule has 0 aromatic rings. The molecule has 0 spiro atoms. The van der Waals surface area contributed by atoms with Crippen molar-refractivity contribution in [3.8, 4) is 0 Å². The van der Waals surface area contributed by atoms with E-state index in [1.807, 2.05) is 0 Å². The quantitative estimate of drug-likeness (QED) is 0.464. The summed E-state index contributed by atoms with van der Waals surface area (Å²) in [6.07, 6.45) is -1.10. The van der Waals surface area contributed by atoms with Gasteiger partial charge in [-0.15, -0.1) is 0 Å². The van der Waals surface area contributed by atoms with E-state index in [0.29, 0.717) is 6.61 Å². The van der Waals surface area contributed by atoms with Gasteiger partial charge in [0, 0.05) is 0 Å². The Morgan fingerprint density at radius 3 is 2.30 bits per heavy atom. The predicted octanol–water partition coefficient (Wildman–Crippen LogP) is 0.308.